The minimum atomic E-state index is -0.323. The Morgan fingerprint density at radius 2 is 1.91 bits per heavy atom. The molecular formula is C28H31N3O3. The molecule has 1 aromatic heterocycles. The number of benzene rings is 2. The number of pyridine rings is 1. The van der Waals surface area contributed by atoms with Crippen LogP contribution < -0.4 is 10.1 Å². The molecule has 0 radical (unpaired) electrons. The Kier molecular flexibility index (Phi) is 5.21. The smallest absolute Gasteiger partial charge is 0.407 e. The fourth-order valence-corrected chi connectivity index (χ4v) is 5.71. The number of carbonyl (C=O) groups is 1. The molecule has 0 aliphatic carbocycles. The first-order chi connectivity index (χ1) is 16.5. The van der Waals surface area contributed by atoms with E-state index in [2.05, 4.69) is 65.4 Å². The molecule has 2 atom stereocenters. The lowest BCUT2D eigenvalue weighted by atomic mass is 9.78. The van der Waals surface area contributed by atoms with E-state index in [4.69, 9.17) is 9.47 Å². The van der Waals surface area contributed by atoms with E-state index in [0.717, 1.165) is 65.8 Å². The Bertz CT molecular complexity index is 1230. The van der Waals surface area contributed by atoms with Gasteiger partial charge in [0.2, 0.25) is 0 Å². The molecule has 3 aromatic rings. The van der Waals surface area contributed by atoms with E-state index in [1.807, 2.05) is 18.3 Å². The van der Waals surface area contributed by atoms with Crippen molar-refractivity contribution in [3.63, 3.8) is 0 Å². The maximum absolute atomic E-state index is 13.0. The summed E-state index contributed by atoms with van der Waals surface area (Å²) in [4.78, 5) is 19.8. The number of rotatable bonds is 3. The van der Waals surface area contributed by atoms with Gasteiger partial charge < -0.3 is 14.8 Å². The summed E-state index contributed by atoms with van der Waals surface area (Å²) in [5, 5.41) is 4.29. The number of ether oxygens (including phenoxy) is 2. The molecule has 0 saturated carbocycles. The van der Waals surface area contributed by atoms with Gasteiger partial charge in [0.15, 0.2) is 0 Å². The second-order valence-electron chi connectivity index (χ2n) is 10.6. The van der Waals surface area contributed by atoms with Gasteiger partial charge in [0.1, 0.15) is 11.9 Å². The van der Waals surface area contributed by atoms with Crippen LogP contribution in [0.1, 0.15) is 38.3 Å². The first-order valence-corrected chi connectivity index (χ1v) is 12.3. The van der Waals surface area contributed by atoms with Gasteiger partial charge in [-0.25, -0.2) is 4.79 Å². The largest absolute Gasteiger partial charge is 0.493 e. The molecule has 0 spiro atoms. The van der Waals surface area contributed by atoms with E-state index in [1.54, 1.807) is 0 Å². The van der Waals surface area contributed by atoms with Gasteiger partial charge in [-0.2, -0.15) is 0 Å². The van der Waals surface area contributed by atoms with E-state index in [9.17, 15) is 4.79 Å². The van der Waals surface area contributed by atoms with Crippen LogP contribution in [-0.2, 0) is 4.74 Å². The summed E-state index contributed by atoms with van der Waals surface area (Å²) >= 11 is 0. The van der Waals surface area contributed by atoms with Crippen LogP contribution in [0.2, 0.25) is 0 Å². The average molecular weight is 458 g/mol. The quantitative estimate of drug-likeness (QED) is 0.587. The zero-order chi connectivity index (χ0) is 23.3. The molecule has 6 nitrogen and oxygen atoms in total. The van der Waals surface area contributed by atoms with E-state index in [-0.39, 0.29) is 23.7 Å². The summed E-state index contributed by atoms with van der Waals surface area (Å²) in [6.07, 6.45) is 3.73. The molecule has 1 amide bonds. The van der Waals surface area contributed by atoms with Gasteiger partial charge in [0.25, 0.3) is 0 Å². The Balaban J connectivity index is 1.24. The number of nitrogens with one attached hydrogen (secondary N) is 1. The number of carbonyl (C=O) groups excluding carboxylic acids is 1. The highest BCUT2D eigenvalue weighted by atomic mass is 16.6. The van der Waals surface area contributed by atoms with Crippen molar-refractivity contribution < 1.29 is 14.3 Å². The third-order valence-corrected chi connectivity index (χ3v) is 7.76. The molecule has 4 aliphatic heterocycles. The normalized spacial score (nSPS) is 27.0. The molecular weight excluding hydrogens is 426 g/mol. The Labute approximate surface area is 200 Å². The summed E-state index contributed by atoms with van der Waals surface area (Å²) in [6.45, 7) is 7.89. The molecule has 176 valence electrons. The lowest BCUT2D eigenvalue weighted by molar-refractivity contribution is -0.0361. The lowest BCUT2D eigenvalue weighted by Gasteiger charge is -2.44. The van der Waals surface area contributed by atoms with Gasteiger partial charge in [-0.3, -0.25) is 9.88 Å². The molecule has 1 N–H and O–H groups in total. The molecule has 4 aliphatic rings. The lowest BCUT2D eigenvalue weighted by Crippen LogP contribution is -2.53. The van der Waals surface area contributed by atoms with Crippen LogP contribution in [0.4, 0.5) is 4.79 Å². The fourth-order valence-electron chi connectivity index (χ4n) is 5.71. The van der Waals surface area contributed by atoms with Crippen LogP contribution in [0.3, 0.4) is 0 Å². The Hall–Kier alpha value is -3.12. The van der Waals surface area contributed by atoms with Crippen molar-refractivity contribution in [1.82, 2.24) is 15.2 Å². The molecule has 2 aromatic carbocycles. The number of aromatic nitrogens is 1. The summed E-state index contributed by atoms with van der Waals surface area (Å²) in [5.41, 5.74) is 3.92. The Morgan fingerprint density at radius 3 is 2.71 bits per heavy atom. The first kappa shape index (κ1) is 21.4. The molecule has 2 bridgehead atoms. The number of amides is 1. The molecule has 34 heavy (non-hydrogen) atoms. The van der Waals surface area contributed by atoms with Crippen LogP contribution in [0, 0.1) is 11.3 Å². The summed E-state index contributed by atoms with van der Waals surface area (Å²) in [6, 6.07) is 16.4. The van der Waals surface area contributed by atoms with Crippen molar-refractivity contribution in [1.29, 1.82) is 0 Å². The van der Waals surface area contributed by atoms with Crippen molar-refractivity contribution in [2.45, 2.75) is 38.8 Å². The Morgan fingerprint density at radius 1 is 1.12 bits per heavy atom. The number of hydrogen-bond acceptors (Lipinski definition) is 5. The van der Waals surface area contributed by atoms with Crippen molar-refractivity contribution in [2.24, 2.45) is 11.3 Å². The van der Waals surface area contributed by atoms with Crippen LogP contribution in [0.15, 0.2) is 54.7 Å². The predicted molar refractivity (Wildman–Crippen MR) is 132 cm³/mol. The number of nitrogens with zero attached hydrogens (tertiary/aromatic N) is 2. The zero-order valence-corrected chi connectivity index (χ0v) is 19.8. The van der Waals surface area contributed by atoms with Crippen molar-refractivity contribution in [3.05, 3.63) is 60.3 Å². The van der Waals surface area contributed by atoms with Gasteiger partial charge in [-0.15, -0.1) is 0 Å². The fraction of sp³-hybridized carbons (Fsp3) is 0.429. The van der Waals surface area contributed by atoms with Crippen LogP contribution in [0.25, 0.3) is 22.0 Å². The van der Waals surface area contributed by atoms with Crippen molar-refractivity contribution in [3.8, 4) is 16.9 Å². The van der Waals surface area contributed by atoms with Crippen LogP contribution >= 0.6 is 0 Å². The highest BCUT2D eigenvalue weighted by Crippen LogP contribution is 2.44. The van der Waals surface area contributed by atoms with Crippen LogP contribution in [-0.4, -0.2) is 48.3 Å². The number of fused-ring (bicyclic) bond motifs is 5. The monoisotopic (exact) mass is 457 g/mol. The minimum Gasteiger partial charge on any atom is -0.493 e. The number of hydrogen-bond donors (Lipinski definition) is 1. The van der Waals surface area contributed by atoms with Gasteiger partial charge in [-0.1, -0.05) is 38.1 Å². The van der Waals surface area contributed by atoms with Gasteiger partial charge in [-0.05, 0) is 67.2 Å². The second kappa shape index (κ2) is 8.27. The minimum absolute atomic E-state index is 0.00491. The molecule has 1 unspecified atom stereocenters. The summed E-state index contributed by atoms with van der Waals surface area (Å²) in [7, 11) is 0. The van der Waals surface area contributed by atoms with Crippen LogP contribution in [0.5, 0.6) is 5.75 Å². The molecule has 3 fully saturated rings. The third kappa shape index (κ3) is 3.90. The highest BCUT2D eigenvalue weighted by molar-refractivity contribution is 5.84. The maximum Gasteiger partial charge on any atom is 0.407 e. The standard InChI is InChI=1S/C28H31N3O3/c1-28(2)17-33-24-15-20(19-6-8-23-21(14-19)4-3-11-29-23)5-7-22(24)26(28)30-27(32)34-25-16-31-12-9-18(25)10-13-31/h3-8,11,14-15,18,25-26H,9-10,12-13,16-17H2,1-2H3,(H,30,32)/t25-,26?/m0/s1. The molecule has 6 heteroatoms. The van der Waals surface area contributed by atoms with Gasteiger partial charge in [0.05, 0.1) is 18.2 Å². The van der Waals surface area contributed by atoms with E-state index < -0.39 is 0 Å². The SMILES string of the molecule is CC1(C)COc2cc(-c3ccc4ncccc4c3)ccc2C1NC(=O)O[C@H]1CN2CCC1CC2. The van der Waals surface area contributed by atoms with E-state index in [0.29, 0.717) is 12.5 Å². The summed E-state index contributed by atoms with van der Waals surface area (Å²) in [5.74, 6) is 1.31. The van der Waals surface area contributed by atoms with E-state index in [1.165, 1.54) is 0 Å². The average Bonchev–Trinajstić information content (AvgIpc) is 2.86. The molecule has 7 rings (SSSR count). The van der Waals surface area contributed by atoms with Crippen molar-refractivity contribution in [2.75, 3.05) is 26.2 Å². The maximum atomic E-state index is 13.0. The highest BCUT2D eigenvalue weighted by Gasteiger charge is 2.41. The second-order valence-corrected chi connectivity index (χ2v) is 10.6. The van der Waals surface area contributed by atoms with Crippen molar-refractivity contribution >= 4 is 17.0 Å². The van der Waals surface area contributed by atoms with Gasteiger partial charge in [0, 0.05) is 29.1 Å². The van der Waals surface area contributed by atoms with E-state index >= 15 is 0 Å². The molecule has 3 saturated heterocycles. The topological polar surface area (TPSA) is 63.7 Å². The van der Waals surface area contributed by atoms with Gasteiger partial charge >= 0.3 is 6.09 Å². The molecule has 5 heterocycles. The summed E-state index contributed by atoms with van der Waals surface area (Å²) < 4.78 is 12.1. The number of alkyl carbamates (subject to hydrolysis) is 1. The first-order valence-electron chi connectivity index (χ1n) is 12.3. The number of piperidine rings is 3. The third-order valence-electron chi connectivity index (χ3n) is 7.76. The predicted octanol–water partition coefficient (Wildman–Crippen LogP) is 5.18. The zero-order valence-electron chi connectivity index (χ0n) is 19.8.